The largest absolute Gasteiger partial charge is 0.339 e. The molecule has 0 unspecified atom stereocenters. The summed E-state index contributed by atoms with van der Waals surface area (Å²) in [7, 11) is 0. The quantitative estimate of drug-likeness (QED) is 0.797. The molecule has 13 heavy (non-hydrogen) atoms. The summed E-state index contributed by atoms with van der Waals surface area (Å²) in [6, 6.07) is 0. The summed E-state index contributed by atoms with van der Waals surface area (Å²) in [5.74, 6) is -0.0917. The highest BCUT2D eigenvalue weighted by Crippen LogP contribution is 2.21. The number of halogens is 3. The van der Waals surface area contributed by atoms with Gasteiger partial charge in [0.05, 0.1) is 5.92 Å². The Morgan fingerprint density at radius 3 is 2.54 bits per heavy atom. The highest BCUT2D eigenvalue weighted by Gasteiger charge is 2.26. The first-order valence-corrected chi connectivity index (χ1v) is 3.59. The molecular weight excluding hydrogens is 204 g/mol. The van der Waals surface area contributed by atoms with Gasteiger partial charge in [-0.05, 0) is 0 Å². The third-order valence-corrected chi connectivity index (χ3v) is 1.78. The number of rotatable bonds is 2. The van der Waals surface area contributed by atoms with Gasteiger partial charge in [-0.3, -0.25) is 0 Å². The molecule has 1 saturated heterocycles. The molecule has 1 aromatic rings. The maximum absolute atomic E-state index is 12.0. The summed E-state index contributed by atoms with van der Waals surface area (Å²) in [5.41, 5.74) is 0. The lowest BCUT2D eigenvalue weighted by Gasteiger charge is -2.22. The van der Waals surface area contributed by atoms with Crippen molar-refractivity contribution < 1.29 is 13.3 Å². The predicted octanol–water partition coefficient (Wildman–Crippen LogP) is 1.12. The molecule has 4 nitrogen and oxygen atoms in total. The number of nitrogens with zero attached hydrogens (tertiary/aromatic N) is 2. The van der Waals surface area contributed by atoms with Crippen LogP contribution < -0.4 is 5.32 Å². The van der Waals surface area contributed by atoms with Crippen molar-refractivity contribution in [3.8, 4) is 0 Å². The van der Waals surface area contributed by atoms with Gasteiger partial charge in [0, 0.05) is 13.1 Å². The average Bonchev–Trinajstić information content (AvgIpc) is 2.32. The topological polar surface area (TPSA) is 51.0 Å². The molecule has 0 radical (unpaired) electrons. The first-order valence-electron chi connectivity index (χ1n) is 3.59. The summed E-state index contributed by atoms with van der Waals surface area (Å²) in [6.07, 6.45) is -2.64. The van der Waals surface area contributed by atoms with Crippen LogP contribution in [0.15, 0.2) is 4.52 Å². The molecule has 1 aliphatic rings. The van der Waals surface area contributed by atoms with Crippen LogP contribution in [-0.4, -0.2) is 23.2 Å². The molecular formula is C6H8ClF2N3O. The average molecular weight is 212 g/mol. The summed E-state index contributed by atoms with van der Waals surface area (Å²) < 4.78 is 28.6. The normalized spacial score (nSPS) is 16.8. The van der Waals surface area contributed by atoms with Crippen LogP contribution in [0.3, 0.4) is 0 Å². The van der Waals surface area contributed by atoms with Crippen LogP contribution in [-0.2, 0) is 0 Å². The van der Waals surface area contributed by atoms with Crippen molar-refractivity contribution >= 4 is 12.4 Å². The standard InChI is InChI=1S/C6H7F2N3O.ClH/c7-4(8)5-10-6(12-11-5)3-1-9-2-3;/h3-4,9H,1-2H2;1H. The molecule has 74 valence electrons. The van der Waals surface area contributed by atoms with Gasteiger partial charge in [0.2, 0.25) is 11.7 Å². The summed E-state index contributed by atoms with van der Waals surface area (Å²) in [6.45, 7) is 1.45. The Morgan fingerprint density at radius 2 is 2.15 bits per heavy atom. The van der Waals surface area contributed by atoms with E-state index in [4.69, 9.17) is 0 Å². The van der Waals surface area contributed by atoms with Gasteiger partial charge in [-0.1, -0.05) is 5.16 Å². The number of hydrogen-bond acceptors (Lipinski definition) is 4. The Balaban J connectivity index is 0.000000845. The van der Waals surface area contributed by atoms with Gasteiger partial charge in [-0.2, -0.15) is 4.98 Å². The van der Waals surface area contributed by atoms with Gasteiger partial charge in [-0.15, -0.1) is 12.4 Å². The maximum Gasteiger partial charge on any atom is 0.300 e. The first-order chi connectivity index (χ1) is 5.77. The second-order valence-corrected chi connectivity index (χ2v) is 2.65. The Labute approximate surface area is 79.1 Å². The minimum atomic E-state index is -2.64. The van der Waals surface area contributed by atoms with E-state index >= 15 is 0 Å². The molecule has 0 bridgehead atoms. The van der Waals surface area contributed by atoms with E-state index in [9.17, 15) is 8.78 Å². The third-order valence-electron chi connectivity index (χ3n) is 1.78. The number of nitrogens with one attached hydrogen (secondary N) is 1. The molecule has 0 atom stereocenters. The molecule has 1 aromatic heterocycles. The van der Waals surface area contributed by atoms with E-state index in [1.807, 2.05) is 0 Å². The van der Waals surface area contributed by atoms with Crippen LogP contribution in [0.2, 0.25) is 0 Å². The summed E-state index contributed by atoms with van der Waals surface area (Å²) >= 11 is 0. The van der Waals surface area contributed by atoms with E-state index < -0.39 is 12.2 Å². The van der Waals surface area contributed by atoms with Crippen molar-refractivity contribution in [2.75, 3.05) is 13.1 Å². The van der Waals surface area contributed by atoms with Gasteiger partial charge in [-0.25, -0.2) is 8.78 Å². The van der Waals surface area contributed by atoms with Gasteiger partial charge >= 0.3 is 6.43 Å². The molecule has 0 aromatic carbocycles. The second-order valence-electron chi connectivity index (χ2n) is 2.65. The lowest BCUT2D eigenvalue weighted by molar-refractivity contribution is 0.136. The van der Waals surface area contributed by atoms with Crippen LogP contribution in [0.5, 0.6) is 0 Å². The van der Waals surface area contributed by atoms with Gasteiger partial charge in [0.15, 0.2) is 0 Å². The fraction of sp³-hybridized carbons (Fsp3) is 0.667. The van der Waals surface area contributed by atoms with Crippen LogP contribution >= 0.6 is 12.4 Å². The predicted molar refractivity (Wildman–Crippen MR) is 42.1 cm³/mol. The van der Waals surface area contributed by atoms with E-state index in [1.54, 1.807) is 0 Å². The Morgan fingerprint density at radius 1 is 1.46 bits per heavy atom. The zero-order chi connectivity index (χ0) is 8.55. The smallest absolute Gasteiger partial charge is 0.300 e. The van der Waals surface area contributed by atoms with Crippen molar-refractivity contribution in [1.82, 2.24) is 15.5 Å². The second kappa shape index (κ2) is 3.97. The molecule has 1 N–H and O–H groups in total. The molecule has 0 saturated carbocycles. The zero-order valence-corrected chi connectivity index (χ0v) is 7.35. The van der Waals surface area contributed by atoms with Crippen molar-refractivity contribution in [2.45, 2.75) is 12.3 Å². The van der Waals surface area contributed by atoms with Crippen molar-refractivity contribution in [2.24, 2.45) is 0 Å². The van der Waals surface area contributed by atoms with Crippen LogP contribution in [0, 0.1) is 0 Å². The highest BCUT2D eigenvalue weighted by molar-refractivity contribution is 5.85. The molecule has 0 spiro atoms. The zero-order valence-electron chi connectivity index (χ0n) is 6.54. The SMILES string of the molecule is Cl.FC(F)c1noc(C2CNC2)n1. The highest BCUT2D eigenvalue weighted by atomic mass is 35.5. The van der Waals surface area contributed by atoms with Crippen LogP contribution in [0.1, 0.15) is 24.1 Å². The molecule has 7 heteroatoms. The van der Waals surface area contributed by atoms with E-state index in [0.29, 0.717) is 5.89 Å². The molecule has 0 amide bonds. The number of alkyl halides is 2. The number of aromatic nitrogens is 2. The monoisotopic (exact) mass is 211 g/mol. The molecule has 2 heterocycles. The van der Waals surface area contributed by atoms with Crippen molar-refractivity contribution in [3.63, 3.8) is 0 Å². The van der Waals surface area contributed by atoms with Crippen LogP contribution in [0.25, 0.3) is 0 Å². The van der Waals surface area contributed by atoms with Crippen molar-refractivity contribution in [3.05, 3.63) is 11.7 Å². The minimum absolute atomic E-state index is 0. The first kappa shape index (κ1) is 10.3. The summed E-state index contributed by atoms with van der Waals surface area (Å²) in [4.78, 5) is 3.56. The third kappa shape index (κ3) is 1.94. The molecule has 1 fully saturated rings. The van der Waals surface area contributed by atoms with E-state index in [-0.39, 0.29) is 18.3 Å². The fourth-order valence-electron chi connectivity index (χ4n) is 0.965. The van der Waals surface area contributed by atoms with E-state index in [0.717, 1.165) is 13.1 Å². The van der Waals surface area contributed by atoms with E-state index in [2.05, 4.69) is 20.0 Å². The molecule has 0 aliphatic carbocycles. The molecule has 2 rings (SSSR count). The molecule has 1 aliphatic heterocycles. The van der Waals surface area contributed by atoms with Crippen LogP contribution in [0.4, 0.5) is 8.78 Å². The fourth-order valence-corrected chi connectivity index (χ4v) is 0.965. The Kier molecular flexibility index (Phi) is 3.16. The van der Waals surface area contributed by atoms with E-state index in [1.165, 1.54) is 0 Å². The van der Waals surface area contributed by atoms with Gasteiger partial charge in [0.1, 0.15) is 0 Å². The van der Waals surface area contributed by atoms with Gasteiger partial charge < -0.3 is 9.84 Å². The lowest BCUT2D eigenvalue weighted by atomic mass is 10.0. The van der Waals surface area contributed by atoms with Crippen molar-refractivity contribution in [1.29, 1.82) is 0 Å². The Hall–Kier alpha value is -0.750. The lowest BCUT2D eigenvalue weighted by Crippen LogP contribution is -2.40. The summed E-state index contributed by atoms with van der Waals surface area (Å²) in [5, 5.41) is 6.14. The minimum Gasteiger partial charge on any atom is -0.339 e. The number of hydrogen-bond donors (Lipinski definition) is 1. The Bertz CT molecular complexity index is 277. The van der Waals surface area contributed by atoms with Gasteiger partial charge in [0.25, 0.3) is 0 Å². The maximum atomic E-state index is 12.0.